The summed E-state index contributed by atoms with van der Waals surface area (Å²) in [6.45, 7) is 4.46. The average molecular weight is 393 g/mol. The molecule has 1 saturated heterocycles. The van der Waals surface area contributed by atoms with Gasteiger partial charge in [0.25, 0.3) is 0 Å². The van der Waals surface area contributed by atoms with Crippen LogP contribution in [0.1, 0.15) is 43.7 Å². The number of likely N-dealkylation sites (N-methyl/N-ethyl adjacent to an activating group) is 1. The van der Waals surface area contributed by atoms with E-state index in [9.17, 15) is 14.0 Å². The number of nitrogens with one attached hydrogen (secondary N) is 4. The van der Waals surface area contributed by atoms with E-state index in [1.54, 1.807) is 12.1 Å². The lowest BCUT2D eigenvalue weighted by molar-refractivity contribution is -1.02. The molecule has 0 spiro atoms. The highest BCUT2D eigenvalue weighted by Gasteiger charge is 2.30. The smallest absolute Gasteiger partial charge is 0.309 e. The monoisotopic (exact) mass is 392 g/mol. The largest absolute Gasteiger partial charge is 0.345 e. The van der Waals surface area contributed by atoms with Crippen molar-refractivity contribution in [2.24, 2.45) is 0 Å². The molecule has 1 heterocycles. The fourth-order valence-electron chi connectivity index (χ4n) is 4.31. The lowest BCUT2D eigenvalue weighted by Gasteiger charge is -2.33. The fourth-order valence-corrected chi connectivity index (χ4v) is 4.31. The van der Waals surface area contributed by atoms with Crippen LogP contribution in [0.4, 0.5) is 4.39 Å². The molecule has 28 heavy (non-hydrogen) atoms. The third kappa shape index (κ3) is 5.75. The molecule has 1 aliphatic heterocycles. The average Bonchev–Trinajstić information content (AvgIpc) is 2.71. The molecular weight excluding hydrogens is 359 g/mol. The first kappa shape index (κ1) is 20.7. The fraction of sp³-hybridized carbons (Fsp3) is 0.619. The number of carbonyl (C=O) groups is 2. The van der Waals surface area contributed by atoms with Crippen LogP contribution in [0.3, 0.4) is 0 Å². The van der Waals surface area contributed by atoms with Crippen LogP contribution in [0.2, 0.25) is 0 Å². The highest BCUT2D eigenvalue weighted by molar-refractivity contribution is 6.35. The molecular formula is C21H33FN4O2+2. The van der Waals surface area contributed by atoms with Gasteiger partial charge in [0.15, 0.2) is 0 Å². The third-order valence-electron chi connectivity index (χ3n) is 6.12. The van der Waals surface area contributed by atoms with E-state index >= 15 is 0 Å². The Hall–Kier alpha value is -1.99. The van der Waals surface area contributed by atoms with Gasteiger partial charge in [0.05, 0.1) is 13.6 Å². The molecule has 4 N–H and O–H groups in total. The topological polar surface area (TPSA) is 67.1 Å². The number of hydrogen-bond donors (Lipinski definition) is 4. The van der Waals surface area contributed by atoms with E-state index in [1.807, 2.05) is 0 Å². The summed E-state index contributed by atoms with van der Waals surface area (Å²) >= 11 is 0. The van der Waals surface area contributed by atoms with Gasteiger partial charge in [0.1, 0.15) is 38.0 Å². The maximum Gasteiger partial charge on any atom is 0.309 e. The van der Waals surface area contributed by atoms with Crippen molar-refractivity contribution in [1.82, 2.24) is 10.6 Å². The zero-order chi connectivity index (χ0) is 19.9. The molecule has 1 atom stereocenters. The van der Waals surface area contributed by atoms with Gasteiger partial charge >= 0.3 is 11.8 Å². The first-order valence-electron chi connectivity index (χ1n) is 10.5. The van der Waals surface area contributed by atoms with Crippen LogP contribution in [-0.4, -0.2) is 57.6 Å². The molecule has 0 unspecified atom stereocenters. The van der Waals surface area contributed by atoms with Gasteiger partial charge in [0.2, 0.25) is 0 Å². The second-order valence-electron chi connectivity index (χ2n) is 8.24. The van der Waals surface area contributed by atoms with E-state index in [4.69, 9.17) is 0 Å². The summed E-state index contributed by atoms with van der Waals surface area (Å²) in [4.78, 5) is 27.4. The Kier molecular flexibility index (Phi) is 7.39. The normalized spacial score (nSPS) is 24.4. The summed E-state index contributed by atoms with van der Waals surface area (Å²) in [6, 6.07) is 6.62. The number of amides is 2. The molecule has 1 aliphatic carbocycles. The number of quaternary nitrogens is 2. The van der Waals surface area contributed by atoms with E-state index in [2.05, 4.69) is 17.7 Å². The molecule has 1 saturated carbocycles. The van der Waals surface area contributed by atoms with Crippen molar-refractivity contribution in [2.45, 2.75) is 44.2 Å². The predicted molar refractivity (Wildman–Crippen MR) is 104 cm³/mol. The van der Waals surface area contributed by atoms with Gasteiger partial charge in [-0.1, -0.05) is 31.4 Å². The highest BCUT2D eigenvalue weighted by atomic mass is 19.1. The summed E-state index contributed by atoms with van der Waals surface area (Å²) in [5.41, 5.74) is 0.990. The first-order valence-corrected chi connectivity index (χ1v) is 10.5. The van der Waals surface area contributed by atoms with Crippen molar-refractivity contribution in [3.63, 3.8) is 0 Å². The standard InChI is InChI=1S/C21H31FN4O2/c1-25-11-13-26(14-12-25)19(16-7-9-17(22)10-8-16)15-23-20(27)21(28)24-18-5-3-2-4-6-18/h7-10,18-19H,2-6,11-15H2,1H3,(H,23,27)(H,24,28)/p+2/t19-/m1/s1. The van der Waals surface area contributed by atoms with Crippen LogP contribution in [0.25, 0.3) is 0 Å². The number of piperazine rings is 1. The van der Waals surface area contributed by atoms with E-state index < -0.39 is 11.8 Å². The molecule has 2 amide bonds. The van der Waals surface area contributed by atoms with E-state index in [0.29, 0.717) is 6.54 Å². The molecule has 1 aromatic carbocycles. The number of rotatable bonds is 5. The van der Waals surface area contributed by atoms with Gasteiger partial charge in [0, 0.05) is 11.6 Å². The molecule has 2 aliphatic rings. The van der Waals surface area contributed by atoms with E-state index in [-0.39, 0.29) is 17.9 Å². The van der Waals surface area contributed by atoms with Gasteiger partial charge in [-0.25, -0.2) is 4.39 Å². The van der Waals surface area contributed by atoms with Crippen LogP contribution in [0.5, 0.6) is 0 Å². The Morgan fingerprint density at radius 1 is 1.04 bits per heavy atom. The molecule has 0 radical (unpaired) electrons. The molecule has 0 aromatic heterocycles. The third-order valence-corrected chi connectivity index (χ3v) is 6.12. The second kappa shape index (κ2) is 9.98. The summed E-state index contributed by atoms with van der Waals surface area (Å²) in [5.74, 6) is -1.38. The Morgan fingerprint density at radius 3 is 2.32 bits per heavy atom. The number of halogens is 1. The van der Waals surface area contributed by atoms with Crippen LogP contribution in [-0.2, 0) is 9.59 Å². The Bertz CT molecular complexity index is 653. The molecule has 3 rings (SSSR count). The minimum absolute atomic E-state index is 0.0140. The molecule has 1 aromatic rings. The molecule has 154 valence electrons. The van der Waals surface area contributed by atoms with Gasteiger partial charge in [-0.3, -0.25) is 9.59 Å². The molecule has 0 bridgehead atoms. The predicted octanol–water partition coefficient (Wildman–Crippen LogP) is -1.15. The Balaban J connectivity index is 1.59. The van der Waals surface area contributed by atoms with Crippen molar-refractivity contribution in [1.29, 1.82) is 0 Å². The number of benzene rings is 1. The quantitative estimate of drug-likeness (QED) is 0.478. The summed E-state index contributed by atoms with van der Waals surface area (Å²) in [7, 11) is 2.18. The van der Waals surface area contributed by atoms with Crippen molar-refractivity contribution < 1.29 is 23.8 Å². The molecule has 2 fully saturated rings. The zero-order valence-corrected chi connectivity index (χ0v) is 16.7. The molecule has 7 heteroatoms. The summed E-state index contributed by atoms with van der Waals surface area (Å²) < 4.78 is 13.4. The van der Waals surface area contributed by atoms with Crippen LogP contribution in [0.15, 0.2) is 24.3 Å². The van der Waals surface area contributed by atoms with E-state index in [0.717, 1.165) is 57.4 Å². The number of hydrogen-bond acceptors (Lipinski definition) is 2. The van der Waals surface area contributed by atoms with Crippen LogP contribution >= 0.6 is 0 Å². The molecule has 6 nitrogen and oxygen atoms in total. The van der Waals surface area contributed by atoms with Gasteiger partial charge in [-0.2, -0.15) is 0 Å². The first-order chi connectivity index (χ1) is 13.5. The number of carbonyl (C=O) groups excluding carboxylic acids is 2. The highest BCUT2D eigenvalue weighted by Crippen LogP contribution is 2.17. The van der Waals surface area contributed by atoms with Crippen molar-refractivity contribution in [2.75, 3.05) is 39.8 Å². The van der Waals surface area contributed by atoms with Crippen molar-refractivity contribution in [3.05, 3.63) is 35.6 Å². The Morgan fingerprint density at radius 2 is 1.68 bits per heavy atom. The lowest BCUT2D eigenvalue weighted by Crippen LogP contribution is -3.27. The maximum absolute atomic E-state index is 13.4. The van der Waals surface area contributed by atoms with Crippen molar-refractivity contribution >= 4 is 11.8 Å². The summed E-state index contributed by atoms with van der Waals surface area (Å²) in [5, 5.41) is 5.69. The van der Waals surface area contributed by atoms with Gasteiger partial charge in [-0.15, -0.1) is 0 Å². The minimum Gasteiger partial charge on any atom is -0.345 e. The van der Waals surface area contributed by atoms with Crippen molar-refractivity contribution in [3.8, 4) is 0 Å². The second-order valence-corrected chi connectivity index (χ2v) is 8.24. The maximum atomic E-state index is 13.4. The van der Waals surface area contributed by atoms with Gasteiger partial charge < -0.3 is 20.4 Å². The van der Waals surface area contributed by atoms with Crippen LogP contribution in [0, 0.1) is 5.82 Å². The summed E-state index contributed by atoms with van der Waals surface area (Å²) in [6.07, 6.45) is 5.31. The Labute approximate surface area is 166 Å². The SMILES string of the molecule is C[NH+]1CC[NH+]([C@H](CNC(=O)C(=O)NC2CCCCC2)c2ccc(F)cc2)CC1. The zero-order valence-electron chi connectivity index (χ0n) is 16.7. The van der Waals surface area contributed by atoms with Crippen LogP contribution < -0.4 is 20.4 Å². The van der Waals surface area contributed by atoms with E-state index in [1.165, 1.54) is 28.4 Å². The van der Waals surface area contributed by atoms with Gasteiger partial charge in [-0.05, 0) is 25.0 Å². The minimum atomic E-state index is -0.572. The lowest BCUT2D eigenvalue weighted by atomic mass is 9.95.